The number of carbonyl (C=O) groups is 1. The zero-order chi connectivity index (χ0) is 13.1. The predicted octanol–water partition coefficient (Wildman–Crippen LogP) is 1.27. The Morgan fingerprint density at radius 3 is 2.94 bits per heavy atom. The highest BCUT2D eigenvalue weighted by molar-refractivity contribution is 7.99. The SMILES string of the molecule is CN(C)c1nc(N)c(C(=O)NCC2CCSC2)s1. The van der Waals surface area contributed by atoms with Gasteiger partial charge in [0.2, 0.25) is 0 Å². The van der Waals surface area contributed by atoms with Gasteiger partial charge in [-0.05, 0) is 23.8 Å². The number of aromatic nitrogens is 1. The average molecular weight is 286 g/mol. The van der Waals surface area contributed by atoms with Crippen molar-refractivity contribution < 1.29 is 4.79 Å². The van der Waals surface area contributed by atoms with Gasteiger partial charge in [-0.2, -0.15) is 11.8 Å². The molecule has 1 atom stereocenters. The number of hydrogen-bond donors (Lipinski definition) is 2. The molecule has 1 amide bonds. The van der Waals surface area contributed by atoms with Crippen LogP contribution in [-0.4, -0.2) is 43.0 Å². The van der Waals surface area contributed by atoms with Gasteiger partial charge < -0.3 is 16.0 Å². The molecule has 2 heterocycles. The van der Waals surface area contributed by atoms with Crippen LogP contribution in [0.4, 0.5) is 10.9 Å². The van der Waals surface area contributed by atoms with Gasteiger partial charge >= 0.3 is 0 Å². The van der Waals surface area contributed by atoms with Gasteiger partial charge in [-0.3, -0.25) is 4.79 Å². The van der Waals surface area contributed by atoms with E-state index in [1.807, 2.05) is 30.8 Å². The minimum absolute atomic E-state index is 0.102. The molecule has 5 nitrogen and oxygen atoms in total. The molecule has 0 aliphatic carbocycles. The highest BCUT2D eigenvalue weighted by atomic mass is 32.2. The molecule has 7 heteroatoms. The van der Waals surface area contributed by atoms with E-state index in [4.69, 9.17) is 5.73 Å². The maximum Gasteiger partial charge on any atom is 0.265 e. The zero-order valence-corrected chi connectivity index (χ0v) is 12.2. The maximum absolute atomic E-state index is 12.0. The van der Waals surface area contributed by atoms with E-state index in [0.717, 1.165) is 17.4 Å². The van der Waals surface area contributed by atoms with Gasteiger partial charge in [0, 0.05) is 20.6 Å². The van der Waals surface area contributed by atoms with Crippen molar-refractivity contribution in [2.75, 3.05) is 42.8 Å². The van der Waals surface area contributed by atoms with E-state index in [1.165, 1.54) is 23.5 Å². The molecular weight excluding hydrogens is 268 g/mol. The highest BCUT2D eigenvalue weighted by Crippen LogP contribution is 2.27. The standard InChI is InChI=1S/C11H18N4OS2/c1-15(2)11-14-9(12)8(18-11)10(16)13-5-7-3-4-17-6-7/h7H,3-6,12H2,1-2H3,(H,13,16). The van der Waals surface area contributed by atoms with Gasteiger partial charge in [-0.15, -0.1) is 0 Å². The van der Waals surface area contributed by atoms with Gasteiger partial charge in [0.1, 0.15) is 10.7 Å². The number of anilines is 2. The first-order valence-electron chi connectivity index (χ1n) is 5.87. The minimum atomic E-state index is -0.102. The number of carbonyl (C=O) groups excluding carboxylic acids is 1. The minimum Gasteiger partial charge on any atom is -0.382 e. The fourth-order valence-electron chi connectivity index (χ4n) is 1.74. The van der Waals surface area contributed by atoms with Gasteiger partial charge in [0.25, 0.3) is 5.91 Å². The van der Waals surface area contributed by atoms with E-state index in [0.29, 0.717) is 16.6 Å². The average Bonchev–Trinajstić information content (AvgIpc) is 2.94. The lowest BCUT2D eigenvalue weighted by atomic mass is 10.1. The third kappa shape index (κ3) is 3.08. The van der Waals surface area contributed by atoms with E-state index in [9.17, 15) is 4.79 Å². The Balaban J connectivity index is 1.95. The van der Waals surface area contributed by atoms with Crippen LogP contribution in [0.25, 0.3) is 0 Å². The van der Waals surface area contributed by atoms with Crippen molar-refractivity contribution >= 4 is 40.0 Å². The van der Waals surface area contributed by atoms with Crippen molar-refractivity contribution in [3.05, 3.63) is 4.88 Å². The normalized spacial score (nSPS) is 18.9. The molecule has 1 saturated heterocycles. The quantitative estimate of drug-likeness (QED) is 0.872. The molecule has 3 N–H and O–H groups in total. The number of nitrogens with two attached hydrogens (primary N) is 1. The van der Waals surface area contributed by atoms with Crippen molar-refractivity contribution in [2.24, 2.45) is 5.92 Å². The molecule has 1 fully saturated rings. The van der Waals surface area contributed by atoms with E-state index in [2.05, 4.69) is 10.3 Å². The first kappa shape index (κ1) is 13.5. The predicted molar refractivity (Wildman–Crippen MR) is 78.6 cm³/mol. The topological polar surface area (TPSA) is 71.2 Å². The monoisotopic (exact) mass is 286 g/mol. The van der Waals surface area contributed by atoms with E-state index in [1.54, 1.807) is 0 Å². The lowest BCUT2D eigenvalue weighted by Crippen LogP contribution is -2.29. The third-order valence-electron chi connectivity index (χ3n) is 2.81. The summed E-state index contributed by atoms with van der Waals surface area (Å²) in [6, 6.07) is 0. The smallest absolute Gasteiger partial charge is 0.265 e. The summed E-state index contributed by atoms with van der Waals surface area (Å²) in [6.45, 7) is 0.737. The fraction of sp³-hybridized carbons (Fsp3) is 0.636. The van der Waals surface area contributed by atoms with Gasteiger partial charge in [-0.1, -0.05) is 11.3 Å². The first-order chi connectivity index (χ1) is 8.58. The van der Waals surface area contributed by atoms with Crippen molar-refractivity contribution in [1.82, 2.24) is 10.3 Å². The molecule has 18 heavy (non-hydrogen) atoms. The lowest BCUT2D eigenvalue weighted by molar-refractivity contribution is 0.0953. The number of thiazole rings is 1. The van der Waals surface area contributed by atoms with Crippen molar-refractivity contribution in [3.8, 4) is 0 Å². The van der Waals surface area contributed by atoms with E-state index < -0.39 is 0 Å². The van der Waals surface area contributed by atoms with Crippen LogP contribution in [0.3, 0.4) is 0 Å². The number of nitrogens with zero attached hydrogens (tertiary/aromatic N) is 2. The van der Waals surface area contributed by atoms with Crippen LogP contribution in [0.2, 0.25) is 0 Å². The Bertz CT molecular complexity index is 427. The highest BCUT2D eigenvalue weighted by Gasteiger charge is 2.20. The third-order valence-corrected chi connectivity index (χ3v) is 5.28. The molecule has 1 aliphatic heterocycles. The van der Waals surface area contributed by atoms with Crippen LogP contribution in [0.5, 0.6) is 0 Å². The molecule has 0 saturated carbocycles. The summed E-state index contributed by atoms with van der Waals surface area (Å²) in [7, 11) is 3.77. The van der Waals surface area contributed by atoms with E-state index >= 15 is 0 Å². The summed E-state index contributed by atoms with van der Waals surface area (Å²) in [4.78, 5) is 18.6. The number of nitrogens with one attached hydrogen (secondary N) is 1. The van der Waals surface area contributed by atoms with Gasteiger partial charge in [-0.25, -0.2) is 4.98 Å². The van der Waals surface area contributed by atoms with Crippen LogP contribution in [0, 0.1) is 5.92 Å². The molecule has 0 aromatic carbocycles. The Hall–Kier alpha value is -0.950. The number of thioether (sulfide) groups is 1. The first-order valence-corrected chi connectivity index (χ1v) is 7.84. The molecule has 1 aromatic heterocycles. The summed E-state index contributed by atoms with van der Waals surface area (Å²) in [5.41, 5.74) is 5.77. The molecule has 1 unspecified atom stereocenters. The second-order valence-corrected chi connectivity index (χ2v) is 6.67. The number of hydrogen-bond acceptors (Lipinski definition) is 6. The second-order valence-electron chi connectivity index (χ2n) is 4.54. The molecule has 0 radical (unpaired) electrons. The Morgan fingerprint density at radius 2 is 2.39 bits per heavy atom. The molecule has 100 valence electrons. The summed E-state index contributed by atoms with van der Waals surface area (Å²) in [5.74, 6) is 3.16. The van der Waals surface area contributed by atoms with Crippen LogP contribution in [-0.2, 0) is 0 Å². The number of rotatable bonds is 4. The van der Waals surface area contributed by atoms with Crippen LogP contribution in [0.1, 0.15) is 16.1 Å². The zero-order valence-electron chi connectivity index (χ0n) is 10.6. The fourth-order valence-corrected chi connectivity index (χ4v) is 3.84. The number of amides is 1. The van der Waals surface area contributed by atoms with Gasteiger partial charge in [0.05, 0.1) is 0 Å². The van der Waals surface area contributed by atoms with E-state index in [-0.39, 0.29) is 5.91 Å². The Morgan fingerprint density at radius 1 is 1.61 bits per heavy atom. The summed E-state index contributed by atoms with van der Waals surface area (Å²) in [5, 5.41) is 3.71. The van der Waals surface area contributed by atoms with Crippen molar-refractivity contribution in [3.63, 3.8) is 0 Å². The molecule has 2 rings (SSSR count). The van der Waals surface area contributed by atoms with Crippen LogP contribution < -0.4 is 16.0 Å². The number of nitrogen functional groups attached to an aromatic ring is 1. The summed E-state index contributed by atoms with van der Waals surface area (Å²) < 4.78 is 0. The lowest BCUT2D eigenvalue weighted by Gasteiger charge is -2.09. The van der Waals surface area contributed by atoms with Crippen molar-refractivity contribution in [1.29, 1.82) is 0 Å². The Kier molecular flexibility index (Phi) is 4.34. The maximum atomic E-state index is 12.0. The summed E-state index contributed by atoms with van der Waals surface area (Å²) >= 11 is 3.28. The van der Waals surface area contributed by atoms with Crippen LogP contribution >= 0.6 is 23.1 Å². The van der Waals surface area contributed by atoms with Gasteiger partial charge in [0.15, 0.2) is 5.13 Å². The largest absolute Gasteiger partial charge is 0.382 e. The Labute approximate surface area is 115 Å². The molecule has 1 aromatic rings. The molecule has 1 aliphatic rings. The molecule has 0 bridgehead atoms. The molecule has 0 spiro atoms. The second kappa shape index (κ2) is 5.79. The molecular formula is C11H18N4OS2. The summed E-state index contributed by atoms with van der Waals surface area (Å²) in [6.07, 6.45) is 1.19. The van der Waals surface area contributed by atoms with Crippen LogP contribution in [0.15, 0.2) is 0 Å². The van der Waals surface area contributed by atoms with Crippen molar-refractivity contribution in [2.45, 2.75) is 6.42 Å².